The van der Waals surface area contributed by atoms with E-state index in [1.807, 2.05) is 6.92 Å². The van der Waals surface area contributed by atoms with Crippen molar-refractivity contribution in [3.05, 3.63) is 75.8 Å². The van der Waals surface area contributed by atoms with Crippen LogP contribution in [0.15, 0.2) is 54.6 Å². The lowest BCUT2D eigenvalue weighted by Crippen LogP contribution is -2.40. The van der Waals surface area contributed by atoms with Gasteiger partial charge in [-0.25, -0.2) is 4.79 Å². The number of ether oxygens (including phenoxy) is 1. The van der Waals surface area contributed by atoms with Crippen molar-refractivity contribution in [2.75, 3.05) is 6.61 Å². The lowest BCUT2D eigenvalue weighted by Gasteiger charge is -2.22. The van der Waals surface area contributed by atoms with Crippen molar-refractivity contribution >= 4 is 35.1 Å². The van der Waals surface area contributed by atoms with Crippen LogP contribution in [-0.2, 0) is 16.9 Å². The predicted octanol–water partition coefficient (Wildman–Crippen LogP) is 4.92. The zero-order valence-electron chi connectivity index (χ0n) is 15.6. The molecule has 28 heavy (non-hydrogen) atoms. The number of hydrogen-bond acceptors (Lipinski definition) is 3. The molecule has 0 aliphatic carbocycles. The number of carbonyl (C=O) groups excluding carboxylic acids is 2. The van der Waals surface area contributed by atoms with Crippen molar-refractivity contribution in [3.8, 4) is 5.75 Å². The molecule has 3 amide bonds. The van der Waals surface area contributed by atoms with Crippen molar-refractivity contribution in [2.24, 2.45) is 0 Å². The molecule has 5 nitrogen and oxygen atoms in total. The van der Waals surface area contributed by atoms with Gasteiger partial charge in [0.2, 0.25) is 0 Å². The van der Waals surface area contributed by atoms with Crippen LogP contribution in [0.25, 0.3) is 0 Å². The Bertz CT molecular complexity index is 943. The van der Waals surface area contributed by atoms with E-state index < -0.39 is 11.6 Å². The molecule has 1 aliphatic rings. The van der Waals surface area contributed by atoms with Crippen LogP contribution in [0.2, 0.25) is 10.0 Å². The predicted molar refractivity (Wildman–Crippen MR) is 110 cm³/mol. The van der Waals surface area contributed by atoms with Gasteiger partial charge in [0.15, 0.2) is 0 Å². The van der Waals surface area contributed by atoms with Gasteiger partial charge in [-0.3, -0.25) is 9.69 Å². The van der Waals surface area contributed by atoms with Crippen LogP contribution in [0.1, 0.15) is 25.0 Å². The van der Waals surface area contributed by atoms with E-state index in [2.05, 4.69) is 11.9 Å². The van der Waals surface area contributed by atoms with Gasteiger partial charge >= 0.3 is 6.03 Å². The quantitative estimate of drug-likeness (QED) is 0.535. The lowest BCUT2D eigenvalue weighted by atomic mass is 9.92. The van der Waals surface area contributed by atoms with Crippen LogP contribution in [-0.4, -0.2) is 23.4 Å². The zero-order valence-corrected chi connectivity index (χ0v) is 17.1. The Morgan fingerprint density at radius 2 is 1.82 bits per heavy atom. The van der Waals surface area contributed by atoms with Crippen LogP contribution >= 0.6 is 23.2 Å². The number of benzene rings is 2. The molecule has 0 aromatic heterocycles. The van der Waals surface area contributed by atoms with Crippen LogP contribution < -0.4 is 10.1 Å². The van der Waals surface area contributed by atoms with Gasteiger partial charge < -0.3 is 10.1 Å². The molecule has 0 bridgehead atoms. The molecule has 1 N–H and O–H groups in total. The van der Waals surface area contributed by atoms with Crippen molar-refractivity contribution in [3.63, 3.8) is 0 Å². The lowest BCUT2D eigenvalue weighted by molar-refractivity contribution is -0.131. The number of imide groups is 1. The van der Waals surface area contributed by atoms with Gasteiger partial charge in [-0.05, 0) is 54.8 Å². The Balaban J connectivity index is 1.79. The summed E-state index contributed by atoms with van der Waals surface area (Å²) in [5.74, 6) is 0.332. The molecule has 1 aliphatic heterocycles. The second-order valence-electron chi connectivity index (χ2n) is 6.97. The van der Waals surface area contributed by atoms with E-state index in [0.29, 0.717) is 33.5 Å². The topological polar surface area (TPSA) is 58.6 Å². The van der Waals surface area contributed by atoms with Crippen molar-refractivity contribution < 1.29 is 14.3 Å². The number of nitrogens with zero attached hydrogens (tertiary/aromatic N) is 1. The van der Waals surface area contributed by atoms with E-state index in [1.54, 1.807) is 49.4 Å². The Morgan fingerprint density at radius 1 is 1.14 bits per heavy atom. The van der Waals surface area contributed by atoms with Gasteiger partial charge in [0.1, 0.15) is 17.9 Å². The Kier molecular flexibility index (Phi) is 5.68. The first-order chi connectivity index (χ1) is 13.2. The van der Waals surface area contributed by atoms with E-state index in [9.17, 15) is 9.59 Å². The molecule has 1 saturated heterocycles. The maximum Gasteiger partial charge on any atom is 0.325 e. The van der Waals surface area contributed by atoms with E-state index in [-0.39, 0.29) is 12.5 Å². The summed E-state index contributed by atoms with van der Waals surface area (Å²) in [6.45, 7) is 7.89. The first-order valence-corrected chi connectivity index (χ1v) is 9.42. The summed E-state index contributed by atoms with van der Waals surface area (Å²) in [5.41, 5.74) is 1.14. The highest BCUT2D eigenvalue weighted by atomic mass is 35.5. The van der Waals surface area contributed by atoms with Crippen LogP contribution in [0.5, 0.6) is 5.75 Å². The van der Waals surface area contributed by atoms with E-state index in [0.717, 1.165) is 5.57 Å². The number of hydrogen-bond donors (Lipinski definition) is 1. The van der Waals surface area contributed by atoms with Crippen molar-refractivity contribution in [1.29, 1.82) is 0 Å². The average molecular weight is 419 g/mol. The number of carbonyl (C=O) groups is 2. The molecule has 1 unspecified atom stereocenters. The summed E-state index contributed by atoms with van der Waals surface area (Å²) >= 11 is 12.0. The maximum atomic E-state index is 13.0. The van der Waals surface area contributed by atoms with Gasteiger partial charge in [0.25, 0.3) is 5.91 Å². The molecular weight excluding hydrogens is 399 g/mol. The summed E-state index contributed by atoms with van der Waals surface area (Å²) in [4.78, 5) is 26.7. The number of amides is 3. The largest absolute Gasteiger partial charge is 0.489 e. The van der Waals surface area contributed by atoms with Crippen LogP contribution in [0.3, 0.4) is 0 Å². The fourth-order valence-corrected chi connectivity index (χ4v) is 3.27. The molecule has 3 rings (SSSR count). The minimum Gasteiger partial charge on any atom is -0.489 e. The highest BCUT2D eigenvalue weighted by Gasteiger charge is 2.48. The number of halogens is 2. The number of rotatable bonds is 6. The number of urea groups is 1. The maximum absolute atomic E-state index is 13.0. The molecule has 0 spiro atoms. The van der Waals surface area contributed by atoms with Gasteiger partial charge in [0.05, 0.1) is 16.6 Å². The highest BCUT2D eigenvalue weighted by Crippen LogP contribution is 2.31. The van der Waals surface area contributed by atoms with Crippen molar-refractivity contribution in [1.82, 2.24) is 10.2 Å². The molecule has 0 saturated carbocycles. The molecule has 1 fully saturated rings. The van der Waals surface area contributed by atoms with Gasteiger partial charge in [0, 0.05) is 0 Å². The first-order valence-electron chi connectivity index (χ1n) is 8.66. The smallest absolute Gasteiger partial charge is 0.325 e. The van der Waals surface area contributed by atoms with Gasteiger partial charge in [-0.15, -0.1) is 0 Å². The fraction of sp³-hybridized carbons (Fsp3) is 0.238. The highest BCUT2D eigenvalue weighted by molar-refractivity contribution is 6.42. The Hall–Kier alpha value is -2.50. The van der Waals surface area contributed by atoms with Crippen LogP contribution in [0, 0.1) is 0 Å². The Morgan fingerprint density at radius 3 is 2.43 bits per heavy atom. The van der Waals surface area contributed by atoms with E-state index >= 15 is 0 Å². The summed E-state index contributed by atoms with van der Waals surface area (Å²) < 4.78 is 5.58. The number of nitrogens with one attached hydrogen (secondary N) is 1. The molecule has 2 aromatic rings. The normalized spacial score (nSPS) is 18.9. The second kappa shape index (κ2) is 7.86. The first kappa shape index (κ1) is 20.2. The molecule has 2 aromatic carbocycles. The molecule has 1 atom stereocenters. The average Bonchev–Trinajstić information content (AvgIpc) is 2.87. The molecule has 0 radical (unpaired) electrons. The molecule has 1 heterocycles. The minimum absolute atomic E-state index is 0.108. The Labute approximate surface area is 173 Å². The fourth-order valence-electron chi connectivity index (χ4n) is 2.95. The monoisotopic (exact) mass is 418 g/mol. The third-order valence-electron chi connectivity index (χ3n) is 4.52. The van der Waals surface area contributed by atoms with E-state index in [4.69, 9.17) is 27.9 Å². The summed E-state index contributed by atoms with van der Waals surface area (Å²) in [5, 5.41) is 3.58. The molecular formula is C21H20Cl2N2O3. The third-order valence-corrected chi connectivity index (χ3v) is 5.26. The minimum atomic E-state index is -1.15. The van der Waals surface area contributed by atoms with Gasteiger partial charge in [-0.2, -0.15) is 0 Å². The molecule has 7 heteroatoms. The standard InChI is InChI=1S/C21H20Cl2N2O3/c1-13(2)12-28-16-7-5-15(6-8-16)21(3)19(26)25(20(27)24-21)11-14-4-9-17(22)18(23)10-14/h4-10H,1,11-12H2,2-3H3,(H,24,27). The molecule has 146 valence electrons. The zero-order chi connectivity index (χ0) is 20.5. The summed E-state index contributed by atoms with van der Waals surface area (Å²) in [6.07, 6.45) is 0. The third kappa shape index (κ3) is 4.01. The summed E-state index contributed by atoms with van der Waals surface area (Å²) in [7, 11) is 0. The SMILES string of the molecule is C=C(C)COc1ccc(C2(C)NC(=O)N(Cc3ccc(Cl)c(Cl)c3)C2=O)cc1. The summed E-state index contributed by atoms with van der Waals surface area (Å²) in [6, 6.07) is 11.6. The van der Waals surface area contributed by atoms with E-state index in [1.165, 1.54) is 4.90 Å². The van der Waals surface area contributed by atoms with Crippen LogP contribution in [0.4, 0.5) is 4.79 Å². The van der Waals surface area contributed by atoms with Gasteiger partial charge in [-0.1, -0.05) is 48.0 Å². The van der Waals surface area contributed by atoms with Crippen molar-refractivity contribution in [2.45, 2.75) is 25.9 Å². The second-order valence-corrected chi connectivity index (χ2v) is 7.78.